The van der Waals surface area contributed by atoms with Gasteiger partial charge in [0.05, 0.1) is 38.8 Å². The maximum Gasteiger partial charge on any atom is 0.295 e. The van der Waals surface area contributed by atoms with Crippen molar-refractivity contribution in [3.05, 3.63) is 69.1 Å². The zero-order chi connectivity index (χ0) is 16.9. The second-order valence-corrected chi connectivity index (χ2v) is 7.51. The Morgan fingerprint density at radius 3 is 2.83 bits per heavy atom. The standard InChI is InChI=1S/C19H19ClN3O/c1-23(2)10-8-17-16(12-23)18(24)15-7-4-9-21-19(15)22(17)14-6-3-5-13(20)11-14/h3-7,9,11H,8,10,12H2,1-2H3/q+1/p+1. The van der Waals surface area contributed by atoms with Crippen LogP contribution in [-0.4, -0.2) is 29.7 Å². The number of rotatable bonds is 1. The minimum absolute atomic E-state index is 0.140. The number of quaternary nitrogens is 1. The van der Waals surface area contributed by atoms with Crippen LogP contribution in [-0.2, 0) is 13.0 Å². The minimum Gasteiger partial charge on any atom is -0.324 e. The molecular weight excluding hydrogens is 322 g/mol. The second kappa shape index (κ2) is 5.43. The molecule has 0 unspecified atom stereocenters. The Kier molecular flexibility index (Phi) is 3.48. The van der Waals surface area contributed by atoms with Gasteiger partial charge in [-0.15, -0.1) is 0 Å². The molecule has 1 aliphatic heterocycles. The number of halogens is 1. The normalized spacial score (nSPS) is 16.1. The third-order valence-corrected chi connectivity index (χ3v) is 5.04. The van der Waals surface area contributed by atoms with Gasteiger partial charge in [-0.25, -0.2) is 4.98 Å². The van der Waals surface area contributed by atoms with E-state index in [0.29, 0.717) is 5.02 Å². The molecular formula is C19H20ClN3O+2. The number of likely N-dealkylation sites (N-methyl/N-ethyl adjacent to an activating group) is 1. The van der Waals surface area contributed by atoms with Crippen LogP contribution in [0.4, 0.5) is 0 Å². The van der Waals surface area contributed by atoms with Gasteiger partial charge in [0.1, 0.15) is 23.3 Å². The van der Waals surface area contributed by atoms with Crippen molar-refractivity contribution in [1.29, 1.82) is 0 Å². The van der Waals surface area contributed by atoms with Gasteiger partial charge in [0.25, 0.3) is 5.65 Å². The molecule has 0 saturated heterocycles. The van der Waals surface area contributed by atoms with Crippen LogP contribution >= 0.6 is 11.6 Å². The van der Waals surface area contributed by atoms with Crippen LogP contribution in [0.1, 0.15) is 11.3 Å². The van der Waals surface area contributed by atoms with Gasteiger partial charge in [-0.2, -0.15) is 4.57 Å². The lowest BCUT2D eigenvalue weighted by molar-refractivity contribution is -0.905. The number of hydrogen-bond donors (Lipinski definition) is 0. The number of benzene rings is 1. The van der Waals surface area contributed by atoms with E-state index in [-0.39, 0.29) is 5.43 Å². The van der Waals surface area contributed by atoms with E-state index in [0.717, 1.165) is 52.0 Å². The van der Waals surface area contributed by atoms with Crippen LogP contribution in [0.3, 0.4) is 0 Å². The zero-order valence-corrected chi connectivity index (χ0v) is 14.6. The van der Waals surface area contributed by atoms with E-state index in [1.54, 1.807) is 0 Å². The number of fused-ring (bicyclic) bond motifs is 2. The summed E-state index contributed by atoms with van der Waals surface area (Å²) in [6, 6.07) is 11.6. The Morgan fingerprint density at radius 2 is 2.04 bits per heavy atom. The summed E-state index contributed by atoms with van der Waals surface area (Å²) in [6.07, 6.45) is 2.72. The largest absolute Gasteiger partial charge is 0.324 e. The van der Waals surface area contributed by atoms with Gasteiger partial charge in [-0.05, 0) is 24.3 Å². The second-order valence-electron chi connectivity index (χ2n) is 7.07. The van der Waals surface area contributed by atoms with Crippen molar-refractivity contribution in [3.63, 3.8) is 0 Å². The number of aromatic nitrogens is 2. The minimum atomic E-state index is 0.140. The molecule has 0 amide bonds. The van der Waals surface area contributed by atoms with Crippen LogP contribution in [0.15, 0.2) is 47.4 Å². The summed E-state index contributed by atoms with van der Waals surface area (Å²) in [7, 11) is 4.35. The molecule has 5 heteroatoms. The third kappa shape index (κ3) is 2.43. The highest BCUT2D eigenvalue weighted by Gasteiger charge is 2.33. The van der Waals surface area contributed by atoms with Crippen molar-refractivity contribution in [1.82, 2.24) is 4.57 Å². The molecule has 0 bridgehead atoms. The van der Waals surface area contributed by atoms with E-state index in [9.17, 15) is 4.79 Å². The molecule has 1 aliphatic rings. The van der Waals surface area contributed by atoms with Crippen molar-refractivity contribution in [2.45, 2.75) is 13.0 Å². The van der Waals surface area contributed by atoms with E-state index in [1.807, 2.05) is 42.6 Å². The highest BCUT2D eigenvalue weighted by molar-refractivity contribution is 6.30. The molecule has 0 radical (unpaired) electrons. The van der Waals surface area contributed by atoms with E-state index < -0.39 is 0 Å². The summed E-state index contributed by atoms with van der Waals surface area (Å²) < 4.78 is 3.00. The molecule has 122 valence electrons. The fraction of sp³-hybridized carbons (Fsp3) is 0.263. The first-order valence-electron chi connectivity index (χ1n) is 8.11. The Labute approximate surface area is 145 Å². The van der Waals surface area contributed by atoms with Crippen molar-refractivity contribution in [2.24, 2.45) is 0 Å². The fourth-order valence-corrected chi connectivity index (χ4v) is 3.79. The molecule has 0 fully saturated rings. The first kappa shape index (κ1) is 15.4. The molecule has 4 rings (SSSR count). The topological polar surface area (TPSA) is 36.1 Å². The van der Waals surface area contributed by atoms with Gasteiger partial charge in [-0.1, -0.05) is 17.7 Å². The molecule has 0 spiro atoms. The van der Waals surface area contributed by atoms with Crippen LogP contribution in [0.2, 0.25) is 5.02 Å². The third-order valence-electron chi connectivity index (χ3n) is 4.80. The maximum absolute atomic E-state index is 13.0. The number of H-pyrrole nitrogens is 1. The van der Waals surface area contributed by atoms with E-state index in [1.165, 1.54) is 0 Å². The Hall–Kier alpha value is -2.17. The maximum atomic E-state index is 13.0. The smallest absolute Gasteiger partial charge is 0.295 e. The van der Waals surface area contributed by atoms with Crippen LogP contribution in [0, 0.1) is 0 Å². The molecule has 4 nitrogen and oxygen atoms in total. The number of aromatic amines is 1. The average molecular weight is 342 g/mol. The molecule has 1 N–H and O–H groups in total. The molecule has 0 aliphatic carbocycles. The van der Waals surface area contributed by atoms with Crippen LogP contribution in [0.25, 0.3) is 16.7 Å². The van der Waals surface area contributed by atoms with Gasteiger partial charge in [0, 0.05) is 11.1 Å². The Morgan fingerprint density at radius 1 is 1.21 bits per heavy atom. The lowest BCUT2D eigenvalue weighted by atomic mass is 10.0. The molecule has 2 aromatic heterocycles. The SMILES string of the molecule is C[N+]1(C)CCc2c(c(=O)c3ccc[nH+]c3n2-c2cccc(Cl)c2)C1. The summed E-state index contributed by atoms with van der Waals surface area (Å²) in [4.78, 5) is 16.3. The van der Waals surface area contributed by atoms with Crippen molar-refractivity contribution < 1.29 is 9.47 Å². The molecule has 0 atom stereocenters. The van der Waals surface area contributed by atoms with Gasteiger partial charge in [0.2, 0.25) is 5.43 Å². The highest BCUT2D eigenvalue weighted by atomic mass is 35.5. The highest BCUT2D eigenvalue weighted by Crippen LogP contribution is 2.26. The first-order valence-corrected chi connectivity index (χ1v) is 8.49. The van der Waals surface area contributed by atoms with Crippen LogP contribution < -0.4 is 10.4 Å². The van der Waals surface area contributed by atoms with Crippen LogP contribution in [0.5, 0.6) is 0 Å². The lowest BCUT2D eigenvalue weighted by Crippen LogP contribution is -2.47. The van der Waals surface area contributed by atoms with Gasteiger partial charge >= 0.3 is 0 Å². The summed E-state index contributed by atoms with van der Waals surface area (Å²) >= 11 is 6.22. The fourth-order valence-electron chi connectivity index (χ4n) is 3.60. The van der Waals surface area contributed by atoms with Crippen molar-refractivity contribution in [2.75, 3.05) is 20.6 Å². The summed E-state index contributed by atoms with van der Waals surface area (Å²) in [5, 5.41) is 1.41. The summed E-state index contributed by atoms with van der Waals surface area (Å²) in [6.45, 7) is 1.75. The Balaban J connectivity index is 2.13. The quantitative estimate of drug-likeness (QED) is 0.627. The van der Waals surface area contributed by atoms with Crippen molar-refractivity contribution >= 4 is 22.6 Å². The zero-order valence-electron chi connectivity index (χ0n) is 13.8. The Bertz CT molecular complexity index is 1010. The lowest BCUT2D eigenvalue weighted by Gasteiger charge is -2.34. The molecule has 0 saturated carbocycles. The first-order chi connectivity index (χ1) is 11.5. The number of nitrogens with zero attached hydrogens (tertiary/aromatic N) is 2. The monoisotopic (exact) mass is 341 g/mol. The van der Waals surface area contributed by atoms with Crippen molar-refractivity contribution in [3.8, 4) is 5.69 Å². The molecule has 1 aromatic carbocycles. The van der Waals surface area contributed by atoms with Gasteiger partial charge < -0.3 is 4.48 Å². The molecule has 3 aromatic rings. The number of pyridine rings is 2. The average Bonchev–Trinajstić information content (AvgIpc) is 2.55. The van der Waals surface area contributed by atoms with Gasteiger partial charge in [0.15, 0.2) is 0 Å². The number of nitrogens with one attached hydrogen (secondary N) is 1. The summed E-state index contributed by atoms with van der Waals surface area (Å²) in [5.74, 6) is 0. The van der Waals surface area contributed by atoms with E-state index in [4.69, 9.17) is 11.6 Å². The van der Waals surface area contributed by atoms with E-state index >= 15 is 0 Å². The molecule has 24 heavy (non-hydrogen) atoms. The predicted molar refractivity (Wildman–Crippen MR) is 95.5 cm³/mol. The summed E-state index contributed by atoms with van der Waals surface area (Å²) in [5.41, 5.74) is 3.96. The predicted octanol–water partition coefficient (Wildman–Crippen LogP) is 2.59. The van der Waals surface area contributed by atoms with Gasteiger partial charge in [-0.3, -0.25) is 4.79 Å². The molecule has 3 heterocycles. The number of hydrogen-bond acceptors (Lipinski definition) is 1. The van der Waals surface area contributed by atoms with E-state index in [2.05, 4.69) is 23.6 Å².